The Balaban J connectivity index is 1.53. The van der Waals surface area contributed by atoms with Gasteiger partial charge in [0.2, 0.25) is 5.91 Å². The molecular formula is C22H22F4N2O4. The highest BCUT2D eigenvalue weighted by atomic mass is 19.3. The van der Waals surface area contributed by atoms with Crippen LogP contribution in [0.25, 0.3) is 0 Å². The van der Waals surface area contributed by atoms with Gasteiger partial charge in [-0.2, -0.15) is 8.78 Å². The molecular weight excluding hydrogens is 432 g/mol. The number of carbonyl (C=O) groups is 2. The topological polar surface area (TPSA) is 67.9 Å². The molecule has 6 nitrogen and oxygen atoms in total. The molecule has 2 amide bonds. The maximum Gasteiger partial charge on any atom is 0.387 e. The zero-order valence-corrected chi connectivity index (χ0v) is 17.2. The molecule has 172 valence electrons. The van der Waals surface area contributed by atoms with Crippen molar-refractivity contribution in [3.8, 4) is 11.5 Å². The van der Waals surface area contributed by atoms with Crippen molar-refractivity contribution in [2.75, 3.05) is 20.2 Å². The van der Waals surface area contributed by atoms with Gasteiger partial charge in [-0.15, -0.1) is 0 Å². The molecule has 1 aliphatic rings. The predicted molar refractivity (Wildman–Crippen MR) is 106 cm³/mol. The van der Waals surface area contributed by atoms with E-state index >= 15 is 0 Å². The number of benzene rings is 2. The Morgan fingerprint density at radius 1 is 1.09 bits per heavy atom. The molecule has 0 spiro atoms. The van der Waals surface area contributed by atoms with Crippen LogP contribution >= 0.6 is 0 Å². The summed E-state index contributed by atoms with van der Waals surface area (Å²) in [6.07, 6.45) is 0.755. The number of carbonyl (C=O) groups excluding carboxylic acids is 2. The summed E-state index contributed by atoms with van der Waals surface area (Å²) in [5.74, 6) is -2.82. The van der Waals surface area contributed by atoms with Crippen molar-refractivity contribution in [3.05, 3.63) is 59.2 Å². The van der Waals surface area contributed by atoms with Crippen LogP contribution in [0.4, 0.5) is 17.6 Å². The van der Waals surface area contributed by atoms with E-state index in [9.17, 15) is 27.2 Å². The standard InChI is InChI=1S/C22H22F4N2O4/c1-31-18-5-2-13(10-19(18)32-22(25)26)12-27-20(29)14-6-8-28(9-7-14)21(30)16-4-3-15(23)11-17(16)24/h2-5,10-11,14,22H,6-9,12H2,1H3,(H,27,29). The summed E-state index contributed by atoms with van der Waals surface area (Å²) in [6.45, 7) is -2.40. The third-order valence-electron chi connectivity index (χ3n) is 5.23. The first kappa shape index (κ1) is 23.4. The van der Waals surface area contributed by atoms with E-state index in [2.05, 4.69) is 10.1 Å². The molecule has 0 radical (unpaired) electrons. The van der Waals surface area contributed by atoms with E-state index in [1.54, 1.807) is 6.07 Å². The fourth-order valence-electron chi connectivity index (χ4n) is 3.53. The monoisotopic (exact) mass is 454 g/mol. The molecule has 0 unspecified atom stereocenters. The summed E-state index contributed by atoms with van der Waals surface area (Å²) < 4.78 is 61.4. The molecule has 1 aliphatic heterocycles. The smallest absolute Gasteiger partial charge is 0.387 e. The molecule has 1 saturated heterocycles. The first-order valence-electron chi connectivity index (χ1n) is 9.92. The van der Waals surface area contributed by atoms with Crippen LogP contribution in [0.3, 0.4) is 0 Å². The van der Waals surface area contributed by atoms with Gasteiger partial charge in [-0.1, -0.05) is 6.07 Å². The van der Waals surface area contributed by atoms with Gasteiger partial charge in [0.15, 0.2) is 11.5 Å². The molecule has 2 aromatic rings. The average molecular weight is 454 g/mol. The fraction of sp³-hybridized carbons (Fsp3) is 0.364. The van der Waals surface area contributed by atoms with E-state index in [1.165, 1.54) is 24.1 Å². The van der Waals surface area contributed by atoms with Gasteiger partial charge in [0.05, 0.1) is 12.7 Å². The Kier molecular flexibility index (Phi) is 7.55. The lowest BCUT2D eigenvalue weighted by atomic mass is 9.95. The lowest BCUT2D eigenvalue weighted by Gasteiger charge is -2.31. The summed E-state index contributed by atoms with van der Waals surface area (Å²) in [7, 11) is 1.33. The summed E-state index contributed by atoms with van der Waals surface area (Å²) >= 11 is 0. The van der Waals surface area contributed by atoms with Crippen LogP contribution in [-0.2, 0) is 11.3 Å². The van der Waals surface area contributed by atoms with E-state index in [-0.39, 0.29) is 48.5 Å². The van der Waals surface area contributed by atoms with Crippen LogP contribution < -0.4 is 14.8 Å². The highest BCUT2D eigenvalue weighted by Gasteiger charge is 2.29. The molecule has 3 rings (SSSR count). The first-order valence-corrected chi connectivity index (χ1v) is 9.92. The average Bonchev–Trinajstić information content (AvgIpc) is 2.77. The maximum atomic E-state index is 13.9. The van der Waals surface area contributed by atoms with E-state index in [4.69, 9.17) is 4.74 Å². The summed E-state index contributed by atoms with van der Waals surface area (Å²) in [6, 6.07) is 7.24. The van der Waals surface area contributed by atoms with Gasteiger partial charge in [-0.3, -0.25) is 9.59 Å². The first-order chi connectivity index (χ1) is 15.3. The molecule has 10 heteroatoms. The number of likely N-dealkylation sites (tertiary alicyclic amines) is 1. The third-order valence-corrected chi connectivity index (χ3v) is 5.23. The van der Waals surface area contributed by atoms with Gasteiger partial charge in [-0.05, 0) is 42.7 Å². The van der Waals surface area contributed by atoms with Gasteiger partial charge in [-0.25, -0.2) is 8.78 Å². The Morgan fingerprint density at radius 3 is 2.44 bits per heavy atom. The molecule has 0 atom stereocenters. The maximum absolute atomic E-state index is 13.9. The zero-order chi connectivity index (χ0) is 23.3. The van der Waals surface area contributed by atoms with Crippen LogP contribution in [0.2, 0.25) is 0 Å². The lowest BCUT2D eigenvalue weighted by Crippen LogP contribution is -2.43. The second-order valence-electron chi connectivity index (χ2n) is 7.27. The minimum Gasteiger partial charge on any atom is -0.493 e. The van der Waals surface area contributed by atoms with E-state index in [0.717, 1.165) is 12.1 Å². The van der Waals surface area contributed by atoms with Gasteiger partial charge in [0.25, 0.3) is 5.91 Å². The van der Waals surface area contributed by atoms with Crippen molar-refractivity contribution in [2.45, 2.75) is 26.0 Å². The largest absolute Gasteiger partial charge is 0.493 e. The molecule has 32 heavy (non-hydrogen) atoms. The number of ether oxygens (including phenoxy) is 2. The van der Waals surface area contributed by atoms with Crippen molar-refractivity contribution in [1.82, 2.24) is 10.2 Å². The zero-order valence-electron chi connectivity index (χ0n) is 17.2. The van der Waals surface area contributed by atoms with E-state index in [0.29, 0.717) is 24.5 Å². The molecule has 0 saturated carbocycles. The van der Waals surface area contributed by atoms with Crippen molar-refractivity contribution in [1.29, 1.82) is 0 Å². The number of alkyl halides is 2. The number of nitrogens with one attached hydrogen (secondary N) is 1. The number of piperidine rings is 1. The number of hydrogen-bond acceptors (Lipinski definition) is 4. The quantitative estimate of drug-likeness (QED) is 0.648. The van der Waals surface area contributed by atoms with Crippen LogP contribution in [-0.4, -0.2) is 43.5 Å². The van der Waals surface area contributed by atoms with Gasteiger partial charge >= 0.3 is 6.61 Å². The van der Waals surface area contributed by atoms with Crippen LogP contribution in [0, 0.1) is 17.6 Å². The molecule has 1 heterocycles. The molecule has 0 bridgehead atoms. The summed E-state index contributed by atoms with van der Waals surface area (Å²) in [5, 5.41) is 2.75. The lowest BCUT2D eigenvalue weighted by molar-refractivity contribution is -0.126. The van der Waals surface area contributed by atoms with Crippen molar-refractivity contribution in [3.63, 3.8) is 0 Å². The number of halogens is 4. The summed E-state index contributed by atoms with van der Waals surface area (Å²) in [5.41, 5.74) is 0.338. The van der Waals surface area contributed by atoms with Crippen LogP contribution in [0.15, 0.2) is 36.4 Å². The Morgan fingerprint density at radius 2 is 1.81 bits per heavy atom. The highest BCUT2D eigenvalue weighted by molar-refractivity contribution is 5.94. The number of hydrogen-bond donors (Lipinski definition) is 1. The molecule has 0 aromatic heterocycles. The van der Waals surface area contributed by atoms with Crippen molar-refractivity contribution in [2.24, 2.45) is 5.92 Å². The molecule has 2 aromatic carbocycles. The minimum atomic E-state index is -3.01. The normalized spacial score (nSPS) is 14.4. The predicted octanol–water partition coefficient (Wildman–Crippen LogP) is 3.74. The highest BCUT2D eigenvalue weighted by Crippen LogP contribution is 2.29. The molecule has 1 fully saturated rings. The Bertz CT molecular complexity index is 978. The second kappa shape index (κ2) is 10.3. The number of rotatable bonds is 7. The van der Waals surface area contributed by atoms with Crippen LogP contribution in [0.5, 0.6) is 11.5 Å². The van der Waals surface area contributed by atoms with Gasteiger partial charge in [0, 0.05) is 31.6 Å². The van der Waals surface area contributed by atoms with E-state index < -0.39 is 24.2 Å². The number of nitrogens with zero attached hydrogens (tertiary/aromatic N) is 1. The van der Waals surface area contributed by atoms with Crippen molar-refractivity contribution < 1.29 is 36.6 Å². The van der Waals surface area contributed by atoms with Crippen LogP contribution in [0.1, 0.15) is 28.8 Å². The molecule has 1 N–H and O–H groups in total. The Labute approximate surface area is 182 Å². The minimum absolute atomic E-state index is 0.0996. The van der Waals surface area contributed by atoms with Gasteiger partial charge in [0.1, 0.15) is 11.6 Å². The number of amides is 2. The fourth-order valence-corrected chi connectivity index (χ4v) is 3.53. The third kappa shape index (κ3) is 5.68. The Hall–Kier alpha value is -3.30. The SMILES string of the molecule is COc1ccc(CNC(=O)C2CCN(C(=O)c3ccc(F)cc3F)CC2)cc1OC(F)F. The second-order valence-corrected chi connectivity index (χ2v) is 7.27. The summed E-state index contributed by atoms with van der Waals surface area (Å²) in [4.78, 5) is 26.4. The van der Waals surface area contributed by atoms with Gasteiger partial charge < -0.3 is 19.7 Å². The molecule has 0 aliphatic carbocycles. The van der Waals surface area contributed by atoms with Crippen molar-refractivity contribution >= 4 is 11.8 Å². The van der Waals surface area contributed by atoms with E-state index in [1.807, 2.05) is 0 Å². The number of methoxy groups -OCH3 is 1.